The summed E-state index contributed by atoms with van der Waals surface area (Å²) in [6.07, 6.45) is 1.85. The lowest BCUT2D eigenvalue weighted by Gasteiger charge is -2.39. The fraction of sp³-hybridized carbons (Fsp3) is 1.00. The van der Waals surface area contributed by atoms with Crippen LogP contribution in [0.25, 0.3) is 0 Å². The Bertz CT molecular complexity index is 91.8. The van der Waals surface area contributed by atoms with Crippen LogP contribution in [0.5, 0.6) is 0 Å². The molecule has 0 aromatic carbocycles. The SMILES string of the molecule is CC[C@](C)(N)[C@@](C)(N)CC. The predicted octanol–water partition coefficient (Wildman–Crippen LogP) is 1.24. The summed E-state index contributed by atoms with van der Waals surface area (Å²) in [6.45, 7) is 8.16. The van der Waals surface area contributed by atoms with Gasteiger partial charge in [-0.3, -0.25) is 0 Å². The summed E-state index contributed by atoms with van der Waals surface area (Å²) >= 11 is 0. The van der Waals surface area contributed by atoms with Crippen molar-refractivity contribution in [2.24, 2.45) is 11.5 Å². The topological polar surface area (TPSA) is 52.0 Å². The first-order valence-electron chi connectivity index (χ1n) is 3.95. The van der Waals surface area contributed by atoms with Crippen molar-refractivity contribution in [2.75, 3.05) is 0 Å². The molecule has 2 nitrogen and oxygen atoms in total. The molecule has 0 saturated carbocycles. The highest BCUT2D eigenvalue weighted by atomic mass is 14.9. The van der Waals surface area contributed by atoms with Gasteiger partial charge in [-0.2, -0.15) is 0 Å². The Kier molecular flexibility index (Phi) is 2.86. The van der Waals surface area contributed by atoms with E-state index in [0.29, 0.717) is 0 Å². The lowest BCUT2D eigenvalue weighted by Crippen LogP contribution is -2.61. The molecule has 0 aliphatic heterocycles. The summed E-state index contributed by atoms with van der Waals surface area (Å²) in [6, 6.07) is 0. The van der Waals surface area contributed by atoms with Crippen LogP contribution in [0.3, 0.4) is 0 Å². The monoisotopic (exact) mass is 144 g/mol. The number of hydrogen-bond acceptors (Lipinski definition) is 2. The number of hydrogen-bond donors (Lipinski definition) is 2. The first-order valence-corrected chi connectivity index (χ1v) is 3.95. The van der Waals surface area contributed by atoms with Gasteiger partial charge in [-0.15, -0.1) is 0 Å². The van der Waals surface area contributed by atoms with Crippen LogP contribution in [0.15, 0.2) is 0 Å². The third-order valence-corrected chi connectivity index (χ3v) is 2.77. The molecule has 0 spiro atoms. The molecule has 0 bridgehead atoms. The normalized spacial score (nSPS) is 23.4. The van der Waals surface area contributed by atoms with Gasteiger partial charge in [0.25, 0.3) is 0 Å². The van der Waals surface area contributed by atoms with Gasteiger partial charge in [0.15, 0.2) is 0 Å². The van der Waals surface area contributed by atoms with Crippen LogP contribution in [0.2, 0.25) is 0 Å². The maximum absolute atomic E-state index is 5.98. The average Bonchev–Trinajstić information content (AvgIpc) is 1.88. The second-order valence-electron chi connectivity index (χ2n) is 3.54. The van der Waals surface area contributed by atoms with Crippen molar-refractivity contribution in [1.29, 1.82) is 0 Å². The van der Waals surface area contributed by atoms with E-state index in [1.807, 2.05) is 13.8 Å². The van der Waals surface area contributed by atoms with Crippen molar-refractivity contribution in [3.8, 4) is 0 Å². The lowest BCUT2D eigenvalue weighted by atomic mass is 9.77. The quantitative estimate of drug-likeness (QED) is 0.626. The smallest absolute Gasteiger partial charge is 0.0302 e. The van der Waals surface area contributed by atoms with Crippen LogP contribution in [-0.4, -0.2) is 11.1 Å². The molecule has 2 atom stereocenters. The summed E-state index contributed by atoms with van der Waals surface area (Å²) < 4.78 is 0. The first kappa shape index (κ1) is 9.92. The van der Waals surface area contributed by atoms with Gasteiger partial charge in [0, 0.05) is 11.1 Å². The fourth-order valence-corrected chi connectivity index (χ4v) is 0.808. The molecule has 0 amide bonds. The van der Waals surface area contributed by atoms with E-state index in [9.17, 15) is 0 Å². The maximum Gasteiger partial charge on any atom is 0.0302 e. The van der Waals surface area contributed by atoms with E-state index < -0.39 is 0 Å². The molecule has 0 fully saturated rings. The van der Waals surface area contributed by atoms with Crippen molar-refractivity contribution < 1.29 is 0 Å². The molecule has 10 heavy (non-hydrogen) atoms. The van der Waals surface area contributed by atoms with Crippen molar-refractivity contribution in [2.45, 2.75) is 51.6 Å². The highest BCUT2D eigenvalue weighted by Crippen LogP contribution is 2.22. The van der Waals surface area contributed by atoms with E-state index in [-0.39, 0.29) is 11.1 Å². The van der Waals surface area contributed by atoms with E-state index >= 15 is 0 Å². The molecule has 0 rings (SSSR count). The molecule has 0 aliphatic rings. The zero-order valence-corrected chi connectivity index (χ0v) is 7.57. The Morgan fingerprint density at radius 2 is 1.10 bits per heavy atom. The molecule has 4 N–H and O–H groups in total. The molecule has 0 aromatic heterocycles. The van der Waals surface area contributed by atoms with Gasteiger partial charge in [-0.05, 0) is 26.7 Å². The fourth-order valence-electron chi connectivity index (χ4n) is 0.808. The average molecular weight is 144 g/mol. The molecule has 0 aromatic rings. The minimum Gasteiger partial charge on any atom is -0.324 e. The summed E-state index contributed by atoms with van der Waals surface area (Å²) in [7, 11) is 0. The standard InChI is InChI=1S/C8H20N2/c1-5-7(3,9)8(4,10)6-2/h5-6,9-10H2,1-4H3/t7-,8-/m0/s1. The summed E-state index contributed by atoms with van der Waals surface area (Å²) in [5, 5.41) is 0. The molecular formula is C8H20N2. The Morgan fingerprint density at radius 1 is 0.900 bits per heavy atom. The Hall–Kier alpha value is -0.0800. The van der Waals surface area contributed by atoms with Crippen molar-refractivity contribution >= 4 is 0 Å². The summed E-state index contributed by atoms with van der Waals surface area (Å²) in [5.41, 5.74) is 11.5. The van der Waals surface area contributed by atoms with Gasteiger partial charge < -0.3 is 11.5 Å². The molecular weight excluding hydrogens is 124 g/mol. The van der Waals surface area contributed by atoms with Gasteiger partial charge >= 0.3 is 0 Å². The summed E-state index contributed by atoms with van der Waals surface area (Å²) in [4.78, 5) is 0. The predicted molar refractivity (Wildman–Crippen MR) is 45.8 cm³/mol. The van der Waals surface area contributed by atoms with E-state index in [4.69, 9.17) is 11.5 Å². The van der Waals surface area contributed by atoms with Gasteiger partial charge in [0.2, 0.25) is 0 Å². The third-order valence-electron chi connectivity index (χ3n) is 2.77. The Balaban J connectivity index is 4.28. The van der Waals surface area contributed by atoms with Crippen molar-refractivity contribution in [3.63, 3.8) is 0 Å². The van der Waals surface area contributed by atoms with Crippen molar-refractivity contribution in [3.05, 3.63) is 0 Å². The maximum atomic E-state index is 5.98. The van der Waals surface area contributed by atoms with E-state index in [1.165, 1.54) is 0 Å². The molecule has 62 valence electrons. The molecule has 0 aliphatic carbocycles. The highest BCUT2D eigenvalue weighted by molar-refractivity contribution is 4.99. The molecule has 0 saturated heterocycles. The van der Waals surface area contributed by atoms with E-state index in [0.717, 1.165) is 12.8 Å². The van der Waals surface area contributed by atoms with Crippen LogP contribution < -0.4 is 11.5 Å². The largest absolute Gasteiger partial charge is 0.324 e. The first-order chi connectivity index (χ1) is 4.37. The van der Waals surface area contributed by atoms with Gasteiger partial charge in [0.05, 0.1) is 0 Å². The second-order valence-corrected chi connectivity index (χ2v) is 3.54. The van der Waals surface area contributed by atoms with E-state index in [2.05, 4.69) is 13.8 Å². The zero-order chi connectivity index (χ0) is 8.41. The van der Waals surface area contributed by atoms with Crippen LogP contribution in [0.1, 0.15) is 40.5 Å². The number of rotatable bonds is 3. The molecule has 0 heterocycles. The van der Waals surface area contributed by atoms with E-state index in [1.54, 1.807) is 0 Å². The molecule has 0 radical (unpaired) electrons. The Labute approximate surface area is 64.0 Å². The second kappa shape index (κ2) is 2.89. The third kappa shape index (κ3) is 1.70. The van der Waals surface area contributed by atoms with Gasteiger partial charge in [-0.25, -0.2) is 0 Å². The molecule has 0 unspecified atom stereocenters. The molecule has 2 heteroatoms. The van der Waals surface area contributed by atoms with Gasteiger partial charge in [-0.1, -0.05) is 13.8 Å². The Morgan fingerprint density at radius 3 is 1.20 bits per heavy atom. The van der Waals surface area contributed by atoms with Crippen LogP contribution >= 0.6 is 0 Å². The van der Waals surface area contributed by atoms with Crippen LogP contribution in [0, 0.1) is 0 Å². The van der Waals surface area contributed by atoms with Crippen LogP contribution in [-0.2, 0) is 0 Å². The van der Waals surface area contributed by atoms with Gasteiger partial charge in [0.1, 0.15) is 0 Å². The van der Waals surface area contributed by atoms with Crippen molar-refractivity contribution in [1.82, 2.24) is 0 Å². The minimum atomic E-state index is -0.234. The highest BCUT2D eigenvalue weighted by Gasteiger charge is 2.34. The zero-order valence-electron chi connectivity index (χ0n) is 7.57. The lowest BCUT2D eigenvalue weighted by molar-refractivity contribution is 0.244. The number of nitrogens with two attached hydrogens (primary N) is 2. The minimum absolute atomic E-state index is 0.234. The summed E-state index contributed by atoms with van der Waals surface area (Å²) in [5.74, 6) is 0. The van der Waals surface area contributed by atoms with Crippen LogP contribution in [0.4, 0.5) is 0 Å².